The highest BCUT2D eigenvalue weighted by atomic mass is 32.2. The second kappa shape index (κ2) is 5.79. The molecule has 1 atom stereocenters. The molecule has 0 N–H and O–H groups in total. The lowest BCUT2D eigenvalue weighted by Crippen LogP contribution is -2.36. The van der Waals surface area contributed by atoms with Crippen molar-refractivity contribution in [2.75, 3.05) is 13.1 Å². The summed E-state index contributed by atoms with van der Waals surface area (Å²) in [5, 5.41) is -1.24. The molecule has 0 spiro atoms. The number of hydrogen-bond donors (Lipinski definition) is 0. The number of halogens is 1. The highest BCUT2D eigenvalue weighted by Gasteiger charge is 2.39. The van der Waals surface area contributed by atoms with Crippen molar-refractivity contribution in [3.63, 3.8) is 0 Å². The van der Waals surface area contributed by atoms with Gasteiger partial charge in [-0.05, 0) is 27.2 Å². The van der Waals surface area contributed by atoms with Crippen LogP contribution < -0.4 is 0 Å². The van der Waals surface area contributed by atoms with Gasteiger partial charge in [-0.3, -0.25) is 0 Å². The molecule has 2 heterocycles. The summed E-state index contributed by atoms with van der Waals surface area (Å²) in [6.45, 7) is 5.50. The molecule has 9 heteroatoms. The standard InChI is InChI=1S/C13H18FN3O4S/c1-13(2,3)21-12(18)17-5-4-10(8-17)22(19,20)11-15-6-9(14)7-16-11/h6-7,10H,4-5,8H2,1-3H3/t10-/m0/s1. The number of carbonyl (C=O) groups excluding carboxylic acids is 1. The Morgan fingerprint density at radius 1 is 1.36 bits per heavy atom. The first kappa shape index (κ1) is 16.6. The van der Waals surface area contributed by atoms with Gasteiger partial charge in [-0.25, -0.2) is 27.6 Å². The number of nitrogens with zero attached hydrogens (tertiary/aromatic N) is 3. The van der Waals surface area contributed by atoms with E-state index in [4.69, 9.17) is 4.74 Å². The summed E-state index contributed by atoms with van der Waals surface area (Å²) in [4.78, 5) is 20.3. The minimum Gasteiger partial charge on any atom is -0.444 e. The minimum atomic E-state index is -3.80. The second-order valence-electron chi connectivity index (χ2n) is 6.07. The van der Waals surface area contributed by atoms with Gasteiger partial charge in [0.2, 0.25) is 15.0 Å². The Morgan fingerprint density at radius 2 is 1.95 bits per heavy atom. The fourth-order valence-electron chi connectivity index (χ4n) is 2.07. The topological polar surface area (TPSA) is 89.5 Å². The Labute approximate surface area is 128 Å². The van der Waals surface area contributed by atoms with E-state index in [9.17, 15) is 17.6 Å². The average Bonchev–Trinajstić information content (AvgIpc) is 2.87. The minimum absolute atomic E-state index is 0.0119. The summed E-state index contributed by atoms with van der Waals surface area (Å²) in [6.07, 6.45) is 1.33. The smallest absolute Gasteiger partial charge is 0.410 e. The molecule has 0 aromatic carbocycles. The Morgan fingerprint density at radius 3 is 2.50 bits per heavy atom. The monoisotopic (exact) mass is 331 g/mol. The lowest BCUT2D eigenvalue weighted by Gasteiger charge is -2.24. The quantitative estimate of drug-likeness (QED) is 0.761. The van der Waals surface area contributed by atoms with E-state index < -0.39 is 37.8 Å². The normalized spacial score (nSPS) is 19.3. The Kier molecular flexibility index (Phi) is 4.37. The third-order valence-corrected chi connectivity index (χ3v) is 5.07. The van der Waals surface area contributed by atoms with Crippen molar-refractivity contribution in [1.29, 1.82) is 0 Å². The number of hydrogen-bond acceptors (Lipinski definition) is 6. The number of sulfone groups is 1. The van der Waals surface area contributed by atoms with Crippen LogP contribution in [0.25, 0.3) is 0 Å². The van der Waals surface area contributed by atoms with Crippen molar-refractivity contribution in [1.82, 2.24) is 14.9 Å². The van der Waals surface area contributed by atoms with Gasteiger partial charge < -0.3 is 9.64 Å². The molecule has 1 aliphatic rings. The molecule has 1 aromatic heterocycles. The molecule has 0 aliphatic carbocycles. The zero-order chi connectivity index (χ0) is 16.5. The molecule has 0 unspecified atom stereocenters. The second-order valence-corrected chi connectivity index (χ2v) is 8.19. The molecule has 122 valence electrons. The molecule has 2 rings (SSSR count). The van der Waals surface area contributed by atoms with Crippen LogP contribution in [-0.2, 0) is 14.6 Å². The molecule has 0 radical (unpaired) electrons. The zero-order valence-corrected chi connectivity index (χ0v) is 13.4. The van der Waals surface area contributed by atoms with Crippen LogP contribution in [0.15, 0.2) is 17.6 Å². The van der Waals surface area contributed by atoms with E-state index in [2.05, 4.69) is 9.97 Å². The Bertz CT molecular complexity index is 655. The predicted octanol–water partition coefficient (Wildman–Crippen LogP) is 1.40. The first-order valence-electron chi connectivity index (χ1n) is 6.79. The van der Waals surface area contributed by atoms with Crippen molar-refractivity contribution in [3.05, 3.63) is 18.2 Å². The van der Waals surface area contributed by atoms with Gasteiger partial charge in [-0.2, -0.15) is 0 Å². The van der Waals surface area contributed by atoms with Gasteiger partial charge in [0.05, 0.1) is 17.6 Å². The average molecular weight is 331 g/mol. The van der Waals surface area contributed by atoms with Gasteiger partial charge in [0.15, 0.2) is 5.82 Å². The SMILES string of the molecule is CC(C)(C)OC(=O)N1CC[C@H](S(=O)(=O)c2ncc(F)cn2)C1. The lowest BCUT2D eigenvalue weighted by atomic mass is 10.2. The largest absolute Gasteiger partial charge is 0.444 e. The van der Waals surface area contributed by atoms with Crippen LogP contribution in [0, 0.1) is 5.82 Å². The molecule has 1 saturated heterocycles. The van der Waals surface area contributed by atoms with Crippen molar-refractivity contribution < 1.29 is 22.3 Å². The first-order valence-corrected chi connectivity index (χ1v) is 8.33. The molecule has 22 heavy (non-hydrogen) atoms. The van der Waals surface area contributed by atoms with Crippen LogP contribution in [0.1, 0.15) is 27.2 Å². The molecule has 0 saturated carbocycles. The van der Waals surface area contributed by atoms with Crippen molar-refractivity contribution in [2.24, 2.45) is 0 Å². The third-order valence-electron chi connectivity index (χ3n) is 3.09. The van der Waals surface area contributed by atoms with Gasteiger partial charge in [-0.1, -0.05) is 0 Å². The fraction of sp³-hybridized carbons (Fsp3) is 0.615. The summed E-state index contributed by atoms with van der Waals surface area (Å²) in [5.74, 6) is -0.708. The summed E-state index contributed by atoms with van der Waals surface area (Å²) < 4.78 is 42.7. The molecule has 0 bridgehead atoms. The van der Waals surface area contributed by atoms with E-state index >= 15 is 0 Å². The highest BCUT2D eigenvalue weighted by molar-refractivity contribution is 7.91. The van der Waals surface area contributed by atoms with Crippen LogP contribution in [0.4, 0.5) is 9.18 Å². The van der Waals surface area contributed by atoms with E-state index in [1.807, 2.05) is 0 Å². The van der Waals surface area contributed by atoms with Crippen LogP contribution >= 0.6 is 0 Å². The molecule has 1 aliphatic heterocycles. The molecular weight excluding hydrogens is 313 g/mol. The predicted molar refractivity (Wildman–Crippen MR) is 75.4 cm³/mol. The van der Waals surface area contributed by atoms with Crippen molar-refractivity contribution in [2.45, 2.75) is 43.2 Å². The molecule has 1 aromatic rings. The number of likely N-dealkylation sites (tertiary alicyclic amines) is 1. The van der Waals surface area contributed by atoms with Gasteiger partial charge >= 0.3 is 6.09 Å². The maximum Gasteiger partial charge on any atom is 0.410 e. The lowest BCUT2D eigenvalue weighted by molar-refractivity contribution is 0.0295. The van der Waals surface area contributed by atoms with E-state index in [0.29, 0.717) is 0 Å². The van der Waals surface area contributed by atoms with Gasteiger partial charge in [0, 0.05) is 13.1 Å². The number of amides is 1. The summed E-state index contributed by atoms with van der Waals surface area (Å²) in [5.41, 5.74) is -0.645. The van der Waals surface area contributed by atoms with Crippen LogP contribution in [0.3, 0.4) is 0 Å². The van der Waals surface area contributed by atoms with Crippen LogP contribution in [0.5, 0.6) is 0 Å². The summed E-state index contributed by atoms with van der Waals surface area (Å²) in [7, 11) is -3.80. The summed E-state index contributed by atoms with van der Waals surface area (Å²) >= 11 is 0. The third kappa shape index (κ3) is 3.70. The maximum absolute atomic E-state index is 12.8. The zero-order valence-electron chi connectivity index (χ0n) is 12.6. The van der Waals surface area contributed by atoms with Gasteiger partial charge in [0.1, 0.15) is 5.60 Å². The maximum atomic E-state index is 12.8. The molecule has 7 nitrogen and oxygen atoms in total. The van der Waals surface area contributed by atoms with Crippen molar-refractivity contribution >= 4 is 15.9 Å². The Balaban J connectivity index is 2.09. The van der Waals surface area contributed by atoms with Gasteiger partial charge in [-0.15, -0.1) is 0 Å². The fourth-order valence-corrected chi connectivity index (χ4v) is 3.56. The summed E-state index contributed by atoms with van der Waals surface area (Å²) in [6, 6.07) is 0. The molecular formula is C13H18FN3O4S. The highest BCUT2D eigenvalue weighted by Crippen LogP contribution is 2.23. The van der Waals surface area contributed by atoms with E-state index in [-0.39, 0.29) is 19.5 Å². The van der Waals surface area contributed by atoms with Crippen molar-refractivity contribution in [3.8, 4) is 0 Å². The number of aromatic nitrogens is 2. The molecule has 1 fully saturated rings. The number of carbonyl (C=O) groups is 1. The number of rotatable bonds is 2. The Hall–Kier alpha value is -1.77. The van der Waals surface area contributed by atoms with E-state index in [0.717, 1.165) is 12.4 Å². The number of ether oxygens (including phenoxy) is 1. The van der Waals surface area contributed by atoms with Crippen LogP contribution in [0.2, 0.25) is 0 Å². The van der Waals surface area contributed by atoms with E-state index in [1.54, 1.807) is 20.8 Å². The molecule has 1 amide bonds. The first-order chi connectivity index (χ1) is 10.1. The van der Waals surface area contributed by atoms with Crippen LogP contribution in [-0.4, -0.2) is 53.3 Å². The van der Waals surface area contributed by atoms with E-state index in [1.165, 1.54) is 4.90 Å². The van der Waals surface area contributed by atoms with Gasteiger partial charge in [0.25, 0.3) is 0 Å².